The zero-order chi connectivity index (χ0) is 18.5. The van der Waals surface area contributed by atoms with Crippen LogP contribution in [0.4, 0.5) is 5.69 Å². The van der Waals surface area contributed by atoms with E-state index in [2.05, 4.69) is 15.5 Å². The van der Waals surface area contributed by atoms with Crippen molar-refractivity contribution in [2.75, 3.05) is 11.1 Å². The van der Waals surface area contributed by atoms with Crippen molar-refractivity contribution in [2.24, 2.45) is 0 Å². The van der Waals surface area contributed by atoms with E-state index in [0.717, 1.165) is 22.4 Å². The third kappa shape index (κ3) is 4.52. The molecule has 6 heteroatoms. The lowest BCUT2D eigenvalue weighted by Gasteiger charge is -2.09. The van der Waals surface area contributed by atoms with E-state index in [1.165, 1.54) is 17.3 Å². The van der Waals surface area contributed by atoms with Gasteiger partial charge in [0.15, 0.2) is 0 Å². The zero-order valence-electron chi connectivity index (χ0n) is 15.1. The monoisotopic (exact) mass is 367 g/mol. The maximum Gasteiger partial charge on any atom is 0.236 e. The van der Waals surface area contributed by atoms with Crippen molar-refractivity contribution < 1.29 is 9.32 Å². The highest BCUT2D eigenvalue weighted by Crippen LogP contribution is 2.20. The Hall–Kier alpha value is -2.60. The Morgan fingerprint density at radius 2 is 1.88 bits per heavy atom. The molecule has 3 aromatic rings. The smallest absolute Gasteiger partial charge is 0.236 e. The maximum absolute atomic E-state index is 12.1. The van der Waals surface area contributed by atoms with Gasteiger partial charge in [-0.15, -0.1) is 11.8 Å². The number of amides is 1. The quantitative estimate of drug-likeness (QED) is 0.693. The number of aryl methyl sites for hydroxylation is 2. The van der Waals surface area contributed by atoms with Crippen molar-refractivity contribution in [1.29, 1.82) is 0 Å². The average molecular weight is 367 g/mol. The van der Waals surface area contributed by atoms with Gasteiger partial charge >= 0.3 is 0 Å². The molecule has 1 heterocycles. The Bertz CT molecular complexity index is 904. The van der Waals surface area contributed by atoms with E-state index in [9.17, 15) is 4.79 Å². The van der Waals surface area contributed by atoms with Crippen molar-refractivity contribution in [3.8, 4) is 11.4 Å². The van der Waals surface area contributed by atoms with Crippen molar-refractivity contribution >= 4 is 23.4 Å². The summed E-state index contributed by atoms with van der Waals surface area (Å²) in [7, 11) is 0. The van der Waals surface area contributed by atoms with Crippen molar-refractivity contribution in [3.05, 3.63) is 65.0 Å². The fraction of sp³-hybridized carbons (Fsp3) is 0.250. The Balaban J connectivity index is 1.51. The Labute approximate surface area is 157 Å². The van der Waals surface area contributed by atoms with Crippen LogP contribution in [0.3, 0.4) is 0 Å². The number of aromatic nitrogens is 2. The molecule has 2 aromatic carbocycles. The van der Waals surface area contributed by atoms with Crippen molar-refractivity contribution in [2.45, 2.75) is 26.5 Å². The molecular weight excluding hydrogens is 346 g/mol. The molecule has 1 aromatic heterocycles. The molecule has 0 fully saturated rings. The lowest BCUT2D eigenvalue weighted by molar-refractivity contribution is -0.113. The van der Waals surface area contributed by atoms with E-state index < -0.39 is 0 Å². The number of rotatable bonds is 6. The molecule has 0 unspecified atom stereocenters. The summed E-state index contributed by atoms with van der Waals surface area (Å²) in [6.07, 6.45) is 0. The van der Waals surface area contributed by atoms with Gasteiger partial charge in [0.05, 0.1) is 11.5 Å². The second-order valence-corrected chi connectivity index (χ2v) is 7.15. The molecule has 0 bridgehead atoms. The third-order valence-corrected chi connectivity index (χ3v) is 5.03. The van der Waals surface area contributed by atoms with Crippen LogP contribution in [0, 0.1) is 20.8 Å². The number of nitrogens with one attached hydrogen (secondary N) is 1. The minimum absolute atomic E-state index is 0.0398. The maximum atomic E-state index is 12.1. The third-order valence-electron chi connectivity index (χ3n) is 4.12. The molecule has 0 radical (unpaired) electrons. The van der Waals surface area contributed by atoms with Gasteiger partial charge in [-0.25, -0.2) is 0 Å². The van der Waals surface area contributed by atoms with E-state index in [0.29, 0.717) is 23.2 Å². The van der Waals surface area contributed by atoms with Gasteiger partial charge in [-0.2, -0.15) is 4.98 Å². The summed E-state index contributed by atoms with van der Waals surface area (Å²) in [6.45, 7) is 6.06. The second-order valence-electron chi connectivity index (χ2n) is 6.17. The van der Waals surface area contributed by atoms with E-state index >= 15 is 0 Å². The van der Waals surface area contributed by atoms with Gasteiger partial charge in [0.25, 0.3) is 0 Å². The van der Waals surface area contributed by atoms with Gasteiger partial charge in [-0.1, -0.05) is 47.1 Å². The van der Waals surface area contributed by atoms with E-state index in [4.69, 9.17) is 4.52 Å². The predicted octanol–water partition coefficient (Wildman–Crippen LogP) is 4.53. The van der Waals surface area contributed by atoms with E-state index in [-0.39, 0.29) is 5.91 Å². The summed E-state index contributed by atoms with van der Waals surface area (Å²) in [5.41, 5.74) is 5.21. The summed E-state index contributed by atoms with van der Waals surface area (Å²) in [5.74, 6) is 1.88. The van der Waals surface area contributed by atoms with Gasteiger partial charge in [0.2, 0.25) is 17.6 Å². The number of anilines is 1. The van der Waals surface area contributed by atoms with Gasteiger partial charge in [-0.3, -0.25) is 4.79 Å². The van der Waals surface area contributed by atoms with Gasteiger partial charge in [-0.05, 0) is 38.0 Å². The molecule has 0 aliphatic rings. The minimum atomic E-state index is -0.0398. The number of carbonyl (C=O) groups excluding carboxylic acids is 1. The van der Waals surface area contributed by atoms with E-state index in [1.54, 1.807) is 0 Å². The van der Waals surface area contributed by atoms with Gasteiger partial charge in [0, 0.05) is 11.3 Å². The largest absolute Gasteiger partial charge is 0.338 e. The molecule has 0 saturated heterocycles. The van der Waals surface area contributed by atoms with E-state index in [1.807, 2.05) is 63.2 Å². The van der Waals surface area contributed by atoms with Crippen LogP contribution in [-0.2, 0) is 10.5 Å². The molecule has 1 amide bonds. The standard InChI is InChI=1S/C20H21N3O2S/c1-13-7-9-16(10-8-13)20-22-19(25-23-20)12-26-11-18(24)21-17-6-4-5-14(2)15(17)3/h4-10H,11-12H2,1-3H3,(H,21,24). The molecule has 1 N–H and O–H groups in total. The molecule has 0 aliphatic heterocycles. The van der Waals surface area contributed by atoms with Crippen LogP contribution in [-0.4, -0.2) is 21.8 Å². The molecule has 0 saturated carbocycles. The Morgan fingerprint density at radius 1 is 1.12 bits per heavy atom. The Kier molecular flexibility index (Phi) is 5.73. The van der Waals surface area contributed by atoms with Crippen LogP contribution in [0.15, 0.2) is 47.0 Å². The Morgan fingerprint density at radius 3 is 2.65 bits per heavy atom. The summed E-state index contributed by atoms with van der Waals surface area (Å²) < 4.78 is 5.27. The number of hydrogen-bond donors (Lipinski definition) is 1. The SMILES string of the molecule is Cc1ccc(-c2noc(CSCC(=O)Nc3cccc(C)c3C)n2)cc1. The van der Waals surface area contributed by atoms with Crippen LogP contribution in [0.5, 0.6) is 0 Å². The molecular formula is C20H21N3O2S. The highest BCUT2D eigenvalue weighted by atomic mass is 32.2. The highest BCUT2D eigenvalue weighted by molar-refractivity contribution is 7.99. The van der Waals surface area contributed by atoms with Crippen molar-refractivity contribution in [1.82, 2.24) is 10.1 Å². The van der Waals surface area contributed by atoms with Crippen LogP contribution in [0.25, 0.3) is 11.4 Å². The fourth-order valence-electron chi connectivity index (χ4n) is 2.44. The first-order chi connectivity index (χ1) is 12.5. The molecule has 3 rings (SSSR count). The number of benzene rings is 2. The molecule has 0 aliphatic carbocycles. The first kappa shape index (κ1) is 18.2. The topological polar surface area (TPSA) is 68.0 Å². The predicted molar refractivity (Wildman–Crippen MR) is 105 cm³/mol. The van der Waals surface area contributed by atoms with Gasteiger partial charge < -0.3 is 9.84 Å². The lowest BCUT2D eigenvalue weighted by Crippen LogP contribution is -2.15. The summed E-state index contributed by atoms with van der Waals surface area (Å²) in [4.78, 5) is 16.5. The molecule has 5 nitrogen and oxygen atoms in total. The molecule has 134 valence electrons. The molecule has 0 atom stereocenters. The lowest BCUT2D eigenvalue weighted by atomic mass is 10.1. The van der Waals surface area contributed by atoms with Crippen molar-refractivity contribution in [3.63, 3.8) is 0 Å². The summed E-state index contributed by atoms with van der Waals surface area (Å²) >= 11 is 1.45. The normalized spacial score (nSPS) is 10.7. The average Bonchev–Trinajstić information content (AvgIpc) is 3.08. The second kappa shape index (κ2) is 8.19. The summed E-state index contributed by atoms with van der Waals surface area (Å²) in [5, 5.41) is 6.95. The van der Waals surface area contributed by atoms with Gasteiger partial charge in [0.1, 0.15) is 0 Å². The summed E-state index contributed by atoms with van der Waals surface area (Å²) in [6, 6.07) is 13.8. The van der Waals surface area contributed by atoms with Crippen LogP contribution < -0.4 is 5.32 Å². The number of hydrogen-bond acceptors (Lipinski definition) is 5. The number of thioether (sulfide) groups is 1. The fourth-order valence-corrected chi connectivity index (χ4v) is 3.09. The minimum Gasteiger partial charge on any atom is -0.338 e. The molecule has 26 heavy (non-hydrogen) atoms. The molecule has 0 spiro atoms. The first-order valence-electron chi connectivity index (χ1n) is 8.36. The zero-order valence-corrected chi connectivity index (χ0v) is 15.9. The number of nitrogens with zero attached hydrogens (tertiary/aromatic N) is 2. The van der Waals surface area contributed by atoms with Crippen LogP contribution in [0.1, 0.15) is 22.6 Å². The highest BCUT2D eigenvalue weighted by Gasteiger charge is 2.10. The van der Waals surface area contributed by atoms with Crippen LogP contribution >= 0.6 is 11.8 Å². The first-order valence-corrected chi connectivity index (χ1v) is 9.52. The number of carbonyl (C=O) groups is 1. The van der Waals surface area contributed by atoms with Crippen LogP contribution in [0.2, 0.25) is 0 Å².